The monoisotopic (exact) mass is 354 g/mol. The molecule has 2 rings (SSSR count). The summed E-state index contributed by atoms with van der Waals surface area (Å²) in [5.74, 6) is -0.649. The number of ether oxygens (including phenoxy) is 1. The first-order valence-electron chi connectivity index (χ1n) is 8.21. The molecule has 0 aliphatic heterocycles. The molecule has 6 nitrogen and oxygen atoms in total. The molecule has 0 radical (unpaired) electrons. The van der Waals surface area contributed by atoms with Crippen molar-refractivity contribution >= 4 is 17.8 Å². The predicted octanol–water partition coefficient (Wildman–Crippen LogP) is 2.35. The number of hydrogen-bond donors (Lipinski definition) is 1. The van der Waals surface area contributed by atoms with Crippen LogP contribution in [0.25, 0.3) is 11.1 Å². The maximum Gasteiger partial charge on any atom is 0.337 e. The Labute approximate surface area is 152 Å². The SMILES string of the molecule is CNC(=O)CCN(C)C(=O)c1cccc(-c2ccc(C(=O)OC)cc2)c1. The molecule has 0 heterocycles. The van der Waals surface area contributed by atoms with Gasteiger partial charge in [-0.25, -0.2) is 4.79 Å². The second-order valence-electron chi connectivity index (χ2n) is 5.80. The second kappa shape index (κ2) is 8.80. The average molecular weight is 354 g/mol. The molecule has 0 aliphatic carbocycles. The van der Waals surface area contributed by atoms with Crippen LogP contribution in [0.2, 0.25) is 0 Å². The smallest absolute Gasteiger partial charge is 0.337 e. The number of rotatable bonds is 6. The zero-order valence-corrected chi connectivity index (χ0v) is 15.1. The molecule has 0 spiro atoms. The van der Waals surface area contributed by atoms with Crippen LogP contribution in [0.1, 0.15) is 27.1 Å². The molecule has 0 saturated heterocycles. The molecular formula is C20H22N2O4. The van der Waals surface area contributed by atoms with Crippen molar-refractivity contribution in [3.05, 3.63) is 59.7 Å². The Bertz CT molecular complexity index is 800. The summed E-state index contributed by atoms with van der Waals surface area (Å²) >= 11 is 0. The number of benzene rings is 2. The van der Waals surface area contributed by atoms with E-state index in [-0.39, 0.29) is 18.2 Å². The fourth-order valence-electron chi connectivity index (χ4n) is 2.46. The second-order valence-corrected chi connectivity index (χ2v) is 5.80. The molecule has 6 heteroatoms. The molecule has 0 saturated carbocycles. The Morgan fingerprint density at radius 1 is 1.00 bits per heavy atom. The van der Waals surface area contributed by atoms with Crippen LogP contribution in [0.15, 0.2) is 48.5 Å². The van der Waals surface area contributed by atoms with E-state index in [1.165, 1.54) is 12.0 Å². The van der Waals surface area contributed by atoms with Crippen molar-refractivity contribution in [1.82, 2.24) is 10.2 Å². The van der Waals surface area contributed by atoms with E-state index in [2.05, 4.69) is 10.1 Å². The summed E-state index contributed by atoms with van der Waals surface area (Å²) in [4.78, 5) is 36.9. The molecule has 1 N–H and O–H groups in total. The fourth-order valence-corrected chi connectivity index (χ4v) is 2.46. The van der Waals surface area contributed by atoms with Gasteiger partial charge in [-0.3, -0.25) is 9.59 Å². The molecule has 2 aromatic carbocycles. The average Bonchev–Trinajstić information content (AvgIpc) is 2.70. The van der Waals surface area contributed by atoms with Crippen LogP contribution in [0.4, 0.5) is 0 Å². The Morgan fingerprint density at radius 2 is 1.69 bits per heavy atom. The Kier molecular flexibility index (Phi) is 6.49. The summed E-state index contributed by atoms with van der Waals surface area (Å²) < 4.78 is 4.69. The lowest BCUT2D eigenvalue weighted by atomic mass is 10.0. The third kappa shape index (κ3) is 4.69. The summed E-state index contributed by atoms with van der Waals surface area (Å²) in [6, 6.07) is 14.2. The van der Waals surface area contributed by atoms with Crippen molar-refractivity contribution in [2.24, 2.45) is 0 Å². The van der Waals surface area contributed by atoms with Gasteiger partial charge in [-0.15, -0.1) is 0 Å². The van der Waals surface area contributed by atoms with Crippen molar-refractivity contribution in [3.63, 3.8) is 0 Å². The van der Waals surface area contributed by atoms with Crippen LogP contribution in [-0.2, 0) is 9.53 Å². The van der Waals surface area contributed by atoms with Crippen LogP contribution < -0.4 is 5.32 Å². The standard InChI is InChI=1S/C20H22N2O4/c1-21-18(23)11-12-22(2)19(24)17-6-4-5-16(13-17)14-7-9-15(10-8-14)20(25)26-3/h4-10,13H,11-12H2,1-3H3,(H,21,23). The van der Waals surface area contributed by atoms with Gasteiger partial charge < -0.3 is 15.0 Å². The van der Waals surface area contributed by atoms with E-state index in [1.807, 2.05) is 24.3 Å². The van der Waals surface area contributed by atoms with Crippen LogP contribution in [0, 0.1) is 0 Å². The molecule has 0 unspecified atom stereocenters. The van der Waals surface area contributed by atoms with Crippen molar-refractivity contribution in [2.75, 3.05) is 27.7 Å². The predicted molar refractivity (Wildman–Crippen MR) is 98.9 cm³/mol. The minimum atomic E-state index is -0.391. The quantitative estimate of drug-likeness (QED) is 0.808. The first-order chi connectivity index (χ1) is 12.5. The summed E-state index contributed by atoms with van der Waals surface area (Å²) in [6.07, 6.45) is 0.257. The van der Waals surface area contributed by atoms with Crippen LogP contribution >= 0.6 is 0 Å². The van der Waals surface area contributed by atoms with Crippen LogP contribution in [0.3, 0.4) is 0 Å². The Hall–Kier alpha value is -3.15. The summed E-state index contributed by atoms with van der Waals surface area (Å²) in [7, 11) is 4.58. The van der Waals surface area contributed by atoms with Gasteiger partial charge in [0.25, 0.3) is 5.91 Å². The van der Waals surface area contributed by atoms with Gasteiger partial charge in [-0.2, -0.15) is 0 Å². The molecule has 0 aromatic heterocycles. The van der Waals surface area contributed by atoms with Crippen LogP contribution in [0.5, 0.6) is 0 Å². The van der Waals surface area contributed by atoms with E-state index in [4.69, 9.17) is 0 Å². The van der Waals surface area contributed by atoms with Gasteiger partial charge in [0.15, 0.2) is 0 Å². The number of methoxy groups -OCH3 is 1. The minimum Gasteiger partial charge on any atom is -0.465 e. The number of hydrogen-bond acceptors (Lipinski definition) is 4. The number of carbonyl (C=O) groups excluding carboxylic acids is 3. The van der Waals surface area contributed by atoms with Crippen molar-refractivity contribution in [3.8, 4) is 11.1 Å². The van der Waals surface area contributed by atoms with E-state index < -0.39 is 5.97 Å². The van der Waals surface area contributed by atoms with E-state index in [1.54, 1.807) is 38.4 Å². The molecule has 0 fully saturated rings. The number of nitrogens with one attached hydrogen (secondary N) is 1. The molecule has 26 heavy (non-hydrogen) atoms. The first kappa shape index (κ1) is 19.2. The van der Waals surface area contributed by atoms with Gasteiger partial charge >= 0.3 is 5.97 Å². The number of esters is 1. The maximum atomic E-state index is 12.5. The van der Waals surface area contributed by atoms with Crippen LogP contribution in [-0.4, -0.2) is 50.4 Å². The van der Waals surface area contributed by atoms with Gasteiger partial charge in [-0.1, -0.05) is 24.3 Å². The minimum absolute atomic E-state index is 0.107. The number of carbonyl (C=O) groups is 3. The zero-order valence-electron chi connectivity index (χ0n) is 15.1. The molecule has 136 valence electrons. The third-order valence-electron chi connectivity index (χ3n) is 4.05. The lowest BCUT2D eigenvalue weighted by Crippen LogP contribution is -2.31. The molecule has 2 amide bonds. The molecule has 2 aromatic rings. The highest BCUT2D eigenvalue weighted by molar-refractivity contribution is 5.95. The lowest BCUT2D eigenvalue weighted by molar-refractivity contribution is -0.120. The topological polar surface area (TPSA) is 75.7 Å². The van der Waals surface area contributed by atoms with Gasteiger partial charge in [0.05, 0.1) is 12.7 Å². The summed E-state index contributed by atoms with van der Waals surface area (Å²) in [6.45, 7) is 0.344. The van der Waals surface area contributed by atoms with Crippen molar-refractivity contribution < 1.29 is 19.1 Å². The van der Waals surface area contributed by atoms with Crippen molar-refractivity contribution in [1.29, 1.82) is 0 Å². The normalized spacial score (nSPS) is 10.1. The highest BCUT2D eigenvalue weighted by atomic mass is 16.5. The Morgan fingerprint density at radius 3 is 2.31 bits per heavy atom. The number of nitrogens with zero attached hydrogens (tertiary/aromatic N) is 1. The maximum absolute atomic E-state index is 12.5. The molecule has 0 atom stereocenters. The first-order valence-corrected chi connectivity index (χ1v) is 8.21. The van der Waals surface area contributed by atoms with Gasteiger partial charge in [0, 0.05) is 32.6 Å². The molecular weight excluding hydrogens is 332 g/mol. The van der Waals surface area contributed by atoms with E-state index in [0.717, 1.165) is 11.1 Å². The summed E-state index contributed by atoms with van der Waals surface area (Å²) in [5.41, 5.74) is 2.77. The zero-order chi connectivity index (χ0) is 19.1. The van der Waals surface area contributed by atoms with Gasteiger partial charge in [0.2, 0.25) is 5.91 Å². The molecule has 0 bridgehead atoms. The molecule has 0 aliphatic rings. The highest BCUT2D eigenvalue weighted by Gasteiger charge is 2.14. The van der Waals surface area contributed by atoms with Crippen molar-refractivity contribution in [2.45, 2.75) is 6.42 Å². The van der Waals surface area contributed by atoms with Gasteiger partial charge in [0.1, 0.15) is 0 Å². The Balaban J connectivity index is 2.15. The van der Waals surface area contributed by atoms with E-state index in [9.17, 15) is 14.4 Å². The third-order valence-corrected chi connectivity index (χ3v) is 4.05. The van der Waals surface area contributed by atoms with Gasteiger partial charge in [-0.05, 0) is 35.4 Å². The number of amides is 2. The lowest BCUT2D eigenvalue weighted by Gasteiger charge is -2.17. The summed E-state index contributed by atoms with van der Waals surface area (Å²) in [5, 5.41) is 2.54. The highest BCUT2D eigenvalue weighted by Crippen LogP contribution is 2.22. The van der Waals surface area contributed by atoms with E-state index in [0.29, 0.717) is 17.7 Å². The van der Waals surface area contributed by atoms with E-state index >= 15 is 0 Å². The largest absolute Gasteiger partial charge is 0.465 e. The fraction of sp³-hybridized carbons (Fsp3) is 0.250.